The van der Waals surface area contributed by atoms with E-state index in [-0.39, 0.29) is 17.9 Å². The molecule has 0 bridgehead atoms. The van der Waals surface area contributed by atoms with Crippen molar-refractivity contribution in [2.75, 3.05) is 6.61 Å². The average Bonchev–Trinajstić information content (AvgIpc) is 2.19. The van der Waals surface area contributed by atoms with Crippen molar-refractivity contribution in [3.05, 3.63) is 29.6 Å². The van der Waals surface area contributed by atoms with Crippen molar-refractivity contribution in [3.8, 4) is 0 Å². The molecule has 0 saturated heterocycles. The van der Waals surface area contributed by atoms with E-state index in [1.165, 1.54) is 12.1 Å². The second kappa shape index (κ2) is 5.34. The fraction of sp³-hybridized carbons (Fsp3) is 0.500. The molecule has 0 unspecified atom stereocenters. The molecule has 0 spiro atoms. The molecule has 18 heavy (non-hydrogen) atoms. The predicted octanol–water partition coefficient (Wildman–Crippen LogP) is 1.57. The van der Waals surface area contributed by atoms with Crippen LogP contribution in [0.3, 0.4) is 0 Å². The van der Waals surface area contributed by atoms with Crippen molar-refractivity contribution >= 4 is 10.0 Å². The minimum Gasteiger partial charge on any atom is -0.396 e. The highest BCUT2D eigenvalue weighted by Gasteiger charge is 2.27. The predicted molar refractivity (Wildman–Crippen MR) is 67.2 cm³/mol. The molecule has 0 fully saturated rings. The molecule has 0 heterocycles. The highest BCUT2D eigenvalue weighted by molar-refractivity contribution is 7.89. The van der Waals surface area contributed by atoms with E-state index in [9.17, 15) is 12.8 Å². The number of hydrogen-bond donors (Lipinski definition) is 2. The third kappa shape index (κ3) is 3.76. The maximum Gasteiger partial charge on any atom is 0.241 e. The molecule has 1 aromatic rings. The number of hydrogen-bond acceptors (Lipinski definition) is 3. The van der Waals surface area contributed by atoms with Gasteiger partial charge in [-0.15, -0.1) is 0 Å². The van der Waals surface area contributed by atoms with Gasteiger partial charge in [0.05, 0.1) is 4.90 Å². The number of aliphatic hydroxyl groups is 1. The summed E-state index contributed by atoms with van der Waals surface area (Å²) >= 11 is 0. The van der Waals surface area contributed by atoms with Crippen LogP contribution in [-0.2, 0) is 10.0 Å². The molecular weight excluding hydrogens is 257 g/mol. The maximum atomic E-state index is 13.1. The first-order chi connectivity index (χ1) is 8.18. The molecule has 0 aliphatic rings. The SMILES string of the molecule is Cc1ccc(F)cc1S(=O)(=O)NC(C)(C)CCO. The summed E-state index contributed by atoms with van der Waals surface area (Å²) in [4.78, 5) is -0.0754. The Balaban J connectivity index is 3.11. The van der Waals surface area contributed by atoms with Gasteiger partial charge < -0.3 is 5.11 Å². The van der Waals surface area contributed by atoms with Gasteiger partial charge in [-0.05, 0) is 44.9 Å². The van der Waals surface area contributed by atoms with Gasteiger partial charge >= 0.3 is 0 Å². The summed E-state index contributed by atoms with van der Waals surface area (Å²) in [6, 6.07) is 3.63. The molecule has 0 radical (unpaired) electrons. The summed E-state index contributed by atoms with van der Waals surface area (Å²) < 4.78 is 39.9. The van der Waals surface area contributed by atoms with Crippen LogP contribution in [0.2, 0.25) is 0 Å². The summed E-state index contributed by atoms with van der Waals surface area (Å²) in [5.74, 6) is -0.596. The Hall–Kier alpha value is -0.980. The van der Waals surface area contributed by atoms with E-state index in [0.29, 0.717) is 5.56 Å². The molecule has 0 saturated carbocycles. The Labute approximate surface area is 107 Å². The Morgan fingerprint density at radius 2 is 2.00 bits per heavy atom. The molecule has 1 rings (SSSR count). The molecule has 0 aliphatic carbocycles. The van der Waals surface area contributed by atoms with Crippen molar-refractivity contribution in [3.63, 3.8) is 0 Å². The van der Waals surface area contributed by atoms with Gasteiger partial charge in [0.15, 0.2) is 0 Å². The van der Waals surface area contributed by atoms with E-state index >= 15 is 0 Å². The lowest BCUT2D eigenvalue weighted by molar-refractivity contribution is 0.245. The molecule has 6 heteroatoms. The summed E-state index contributed by atoms with van der Waals surface area (Å²) in [6.07, 6.45) is 0.278. The second-order valence-electron chi connectivity index (χ2n) is 4.87. The Kier molecular flexibility index (Phi) is 4.47. The van der Waals surface area contributed by atoms with Crippen LogP contribution in [0.1, 0.15) is 25.8 Å². The van der Waals surface area contributed by atoms with Gasteiger partial charge in [0.1, 0.15) is 5.82 Å². The van der Waals surface area contributed by atoms with Crippen LogP contribution in [0.4, 0.5) is 4.39 Å². The van der Waals surface area contributed by atoms with Gasteiger partial charge in [0.25, 0.3) is 0 Å². The van der Waals surface area contributed by atoms with Gasteiger partial charge in [-0.1, -0.05) is 6.07 Å². The second-order valence-corrected chi connectivity index (χ2v) is 6.52. The zero-order chi connectivity index (χ0) is 14.0. The van der Waals surface area contributed by atoms with Crippen LogP contribution in [0.15, 0.2) is 23.1 Å². The molecular formula is C12H18FNO3S. The zero-order valence-electron chi connectivity index (χ0n) is 10.7. The third-order valence-electron chi connectivity index (χ3n) is 2.59. The summed E-state index contributed by atoms with van der Waals surface area (Å²) in [5.41, 5.74) is -0.310. The van der Waals surface area contributed by atoms with E-state index < -0.39 is 21.4 Å². The van der Waals surface area contributed by atoms with Crippen LogP contribution in [0, 0.1) is 12.7 Å². The molecule has 2 N–H and O–H groups in total. The Morgan fingerprint density at radius 1 is 1.39 bits per heavy atom. The minimum atomic E-state index is -3.79. The van der Waals surface area contributed by atoms with Crippen LogP contribution in [-0.4, -0.2) is 25.7 Å². The first-order valence-electron chi connectivity index (χ1n) is 5.59. The number of sulfonamides is 1. The fourth-order valence-electron chi connectivity index (χ4n) is 1.61. The van der Waals surface area contributed by atoms with Crippen LogP contribution < -0.4 is 4.72 Å². The van der Waals surface area contributed by atoms with Gasteiger partial charge in [0, 0.05) is 12.1 Å². The first-order valence-corrected chi connectivity index (χ1v) is 7.07. The van der Waals surface area contributed by atoms with Gasteiger partial charge in [-0.2, -0.15) is 0 Å². The molecule has 0 amide bonds. The van der Waals surface area contributed by atoms with Crippen LogP contribution >= 0.6 is 0 Å². The maximum absolute atomic E-state index is 13.1. The summed E-state index contributed by atoms with van der Waals surface area (Å²) in [5, 5.41) is 8.87. The van der Waals surface area contributed by atoms with Gasteiger partial charge in [-0.25, -0.2) is 17.5 Å². The Bertz CT molecular complexity index is 526. The number of aryl methyl sites for hydroxylation is 1. The van der Waals surface area contributed by atoms with Crippen LogP contribution in [0.25, 0.3) is 0 Å². The van der Waals surface area contributed by atoms with Crippen molar-refractivity contribution in [1.82, 2.24) is 4.72 Å². The van der Waals surface area contributed by atoms with Crippen molar-refractivity contribution < 1.29 is 17.9 Å². The summed E-state index contributed by atoms with van der Waals surface area (Å²) in [7, 11) is -3.79. The first kappa shape index (κ1) is 15.1. The number of aliphatic hydroxyl groups excluding tert-OH is 1. The van der Waals surface area contributed by atoms with E-state index in [2.05, 4.69) is 4.72 Å². The van der Waals surface area contributed by atoms with Crippen molar-refractivity contribution in [1.29, 1.82) is 0 Å². The Morgan fingerprint density at radius 3 is 2.56 bits per heavy atom. The summed E-state index contributed by atoms with van der Waals surface area (Å²) in [6.45, 7) is 4.80. The lowest BCUT2D eigenvalue weighted by atomic mass is 10.0. The largest absolute Gasteiger partial charge is 0.396 e. The van der Waals surface area contributed by atoms with Crippen molar-refractivity contribution in [2.45, 2.75) is 37.6 Å². The topological polar surface area (TPSA) is 66.4 Å². The minimum absolute atomic E-state index is 0.0754. The van der Waals surface area contributed by atoms with E-state index in [1.54, 1.807) is 20.8 Å². The normalized spacial score (nSPS) is 12.7. The molecule has 0 atom stereocenters. The number of benzene rings is 1. The fourth-order valence-corrected chi connectivity index (χ4v) is 3.31. The third-order valence-corrected chi connectivity index (χ3v) is 4.43. The number of nitrogens with one attached hydrogen (secondary N) is 1. The average molecular weight is 275 g/mol. The molecule has 0 aliphatic heterocycles. The number of halogens is 1. The van der Waals surface area contributed by atoms with Crippen LogP contribution in [0.5, 0.6) is 0 Å². The molecule has 4 nitrogen and oxygen atoms in total. The lowest BCUT2D eigenvalue weighted by Crippen LogP contribution is -2.44. The monoisotopic (exact) mass is 275 g/mol. The quantitative estimate of drug-likeness (QED) is 0.857. The smallest absolute Gasteiger partial charge is 0.241 e. The highest BCUT2D eigenvalue weighted by Crippen LogP contribution is 2.19. The van der Waals surface area contributed by atoms with E-state index in [4.69, 9.17) is 5.11 Å². The van der Waals surface area contributed by atoms with E-state index in [1.807, 2.05) is 0 Å². The number of rotatable bonds is 5. The standard InChI is InChI=1S/C12H18FNO3S/c1-9-4-5-10(13)8-11(9)18(16,17)14-12(2,3)6-7-15/h4-5,8,14-15H,6-7H2,1-3H3. The van der Waals surface area contributed by atoms with Gasteiger partial charge in [0.2, 0.25) is 10.0 Å². The molecule has 102 valence electrons. The zero-order valence-corrected chi connectivity index (χ0v) is 11.5. The van der Waals surface area contributed by atoms with E-state index in [0.717, 1.165) is 6.07 Å². The van der Waals surface area contributed by atoms with Gasteiger partial charge in [-0.3, -0.25) is 0 Å². The van der Waals surface area contributed by atoms with Crippen molar-refractivity contribution in [2.24, 2.45) is 0 Å². The lowest BCUT2D eigenvalue weighted by Gasteiger charge is -2.25. The highest BCUT2D eigenvalue weighted by atomic mass is 32.2. The molecule has 0 aromatic heterocycles. The molecule has 1 aromatic carbocycles.